The van der Waals surface area contributed by atoms with Gasteiger partial charge in [0, 0.05) is 11.8 Å². The minimum absolute atomic E-state index is 0.0553. The number of hydrogen-bond acceptors (Lipinski definition) is 3. The highest BCUT2D eigenvalue weighted by Crippen LogP contribution is 2.19. The fraction of sp³-hybridized carbons (Fsp3) is 0.333. The second-order valence-corrected chi connectivity index (χ2v) is 4.19. The van der Waals surface area contributed by atoms with E-state index in [4.69, 9.17) is 5.11 Å². The van der Waals surface area contributed by atoms with Crippen molar-refractivity contribution in [3.63, 3.8) is 0 Å². The Labute approximate surface area is 92.3 Å². The molecule has 1 aromatic rings. The molecule has 0 saturated carbocycles. The summed E-state index contributed by atoms with van der Waals surface area (Å²) in [6.07, 6.45) is 0.555. The first-order valence-electron chi connectivity index (χ1n) is 5.38. The maximum absolute atomic E-state index is 10.9. The Morgan fingerprint density at radius 3 is 3.06 bits per heavy atom. The van der Waals surface area contributed by atoms with Crippen LogP contribution in [0.5, 0.6) is 0 Å². The Bertz CT molecular complexity index is 565. The Kier molecular flexibility index (Phi) is 2.04. The third-order valence-electron chi connectivity index (χ3n) is 3.24. The van der Waals surface area contributed by atoms with Gasteiger partial charge in [0.2, 0.25) is 0 Å². The van der Waals surface area contributed by atoms with Crippen molar-refractivity contribution in [3.05, 3.63) is 34.8 Å². The van der Waals surface area contributed by atoms with Crippen molar-refractivity contribution in [3.8, 4) is 0 Å². The van der Waals surface area contributed by atoms with Gasteiger partial charge < -0.3 is 10.4 Å². The van der Waals surface area contributed by atoms with E-state index in [1.807, 2.05) is 18.2 Å². The Morgan fingerprint density at radius 1 is 1.44 bits per heavy atom. The number of benzene rings is 1. The van der Waals surface area contributed by atoms with Crippen molar-refractivity contribution in [2.24, 2.45) is 4.99 Å². The fourth-order valence-corrected chi connectivity index (χ4v) is 2.42. The molecule has 2 aliphatic heterocycles. The molecule has 82 valence electrons. The van der Waals surface area contributed by atoms with E-state index in [9.17, 15) is 4.79 Å². The quantitative estimate of drug-likeness (QED) is 0.651. The minimum Gasteiger partial charge on any atom is -0.480 e. The molecule has 4 heteroatoms. The first-order chi connectivity index (χ1) is 7.75. The predicted molar refractivity (Wildman–Crippen MR) is 58.5 cm³/mol. The molecule has 1 fully saturated rings. The summed E-state index contributed by atoms with van der Waals surface area (Å²) in [5, 5.41) is 14.2. The lowest BCUT2D eigenvalue weighted by Crippen LogP contribution is -2.46. The van der Waals surface area contributed by atoms with E-state index in [1.54, 1.807) is 0 Å². The summed E-state index contributed by atoms with van der Waals surface area (Å²) in [4.78, 5) is 15.5. The number of rotatable bonds is 1. The molecule has 1 aromatic carbocycles. The third kappa shape index (κ3) is 1.34. The number of aliphatic carboxylic acids is 1. The molecule has 0 bridgehead atoms. The van der Waals surface area contributed by atoms with Crippen molar-refractivity contribution in [2.75, 3.05) is 6.54 Å². The van der Waals surface area contributed by atoms with E-state index in [2.05, 4.69) is 16.4 Å². The molecular weight excluding hydrogens is 204 g/mol. The summed E-state index contributed by atoms with van der Waals surface area (Å²) in [6, 6.07) is 7.58. The highest BCUT2D eigenvalue weighted by Gasteiger charge is 2.31. The minimum atomic E-state index is -0.787. The Morgan fingerprint density at radius 2 is 2.25 bits per heavy atom. The van der Waals surface area contributed by atoms with Gasteiger partial charge in [-0.25, -0.2) is 0 Å². The van der Waals surface area contributed by atoms with Crippen LogP contribution in [0.4, 0.5) is 0 Å². The highest BCUT2D eigenvalue weighted by molar-refractivity contribution is 5.75. The zero-order chi connectivity index (χ0) is 11.1. The number of para-hydroxylation sites is 1. The monoisotopic (exact) mass is 216 g/mol. The van der Waals surface area contributed by atoms with Crippen LogP contribution in [0.1, 0.15) is 6.42 Å². The van der Waals surface area contributed by atoms with Crippen molar-refractivity contribution in [1.29, 1.82) is 0 Å². The van der Waals surface area contributed by atoms with E-state index >= 15 is 0 Å². The molecule has 0 spiro atoms. The molecule has 0 radical (unpaired) electrons. The smallest absolute Gasteiger partial charge is 0.320 e. The molecule has 0 aliphatic carbocycles. The second kappa shape index (κ2) is 3.42. The van der Waals surface area contributed by atoms with Gasteiger partial charge >= 0.3 is 5.97 Å². The SMILES string of the molecule is O=C(O)C1CC2N=c3ccccc3=C2CN1. The maximum atomic E-state index is 10.9. The van der Waals surface area contributed by atoms with Gasteiger partial charge in [0.1, 0.15) is 6.04 Å². The molecule has 0 amide bonds. The topological polar surface area (TPSA) is 61.7 Å². The highest BCUT2D eigenvalue weighted by atomic mass is 16.4. The fourth-order valence-electron chi connectivity index (χ4n) is 2.42. The Hall–Kier alpha value is -1.68. The number of nitrogens with one attached hydrogen (secondary N) is 1. The van der Waals surface area contributed by atoms with Crippen LogP contribution in [0.15, 0.2) is 29.3 Å². The molecule has 2 N–H and O–H groups in total. The van der Waals surface area contributed by atoms with Crippen LogP contribution in [0.3, 0.4) is 0 Å². The van der Waals surface area contributed by atoms with Gasteiger partial charge in [-0.15, -0.1) is 0 Å². The van der Waals surface area contributed by atoms with Crippen molar-refractivity contribution < 1.29 is 9.90 Å². The number of hydrogen-bond donors (Lipinski definition) is 2. The molecule has 2 heterocycles. The molecule has 2 aliphatic rings. The zero-order valence-corrected chi connectivity index (χ0v) is 8.68. The average Bonchev–Trinajstić information content (AvgIpc) is 2.66. The molecule has 3 rings (SSSR count). The normalized spacial score (nSPS) is 26.9. The predicted octanol–water partition coefficient (Wildman–Crippen LogP) is -0.714. The number of carbonyl (C=O) groups is 1. The van der Waals surface area contributed by atoms with Crippen LogP contribution in [-0.2, 0) is 4.79 Å². The van der Waals surface area contributed by atoms with Gasteiger partial charge in [0.05, 0.1) is 11.4 Å². The van der Waals surface area contributed by atoms with Crippen molar-refractivity contribution >= 4 is 11.5 Å². The summed E-state index contributed by atoms with van der Waals surface area (Å²) in [6.45, 7) is 0.627. The summed E-state index contributed by atoms with van der Waals surface area (Å²) < 4.78 is 0. The maximum Gasteiger partial charge on any atom is 0.320 e. The van der Waals surface area contributed by atoms with Gasteiger partial charge in [-0.05, 0) is 18.1 Å². The zero-order valence-electron chi connectivity index (χ0n) is 8.68. The lowest BCUT2D eigenvalue weighted by Gasteiger charge is -2.25. The molecule has 2 unspecified atom stereocenters. The average molecular weight is 216 g/mol. The summed E-state index contributed by atoms with van der Waals surface area (Å²) in [5.74, 6) is -0.787. The van der Waals surface area contributed by atoms with Gasteiger partial charge in [0.25, 0.3) is 0 Å². The van der Waals surface area contributed by atoms with Crippen LogP contribution in [0, 0.1) is 0 Å². The lowest BCUT2D eigenvalue weighted by atomic mass is 9.95. The summed E-state index contributed by atoms with van der Waals surface area (Å²) in [7, 11) is 0. The summed E-state index contributed by atoms with van der Waals surface area (Å²) >= 11 is 0. The first kappa shape index (κ1) is 9.54. The van der Waals surface area contributed by atoms with E-state index in [0.717, 1.165) is 5.36 Å². The van der Waals surface area contributed by atoms with Crippen LogP contribution >= 0.6 is 0 Å². The Balaban J connectivity index is 2.03. The van der Waals surface area contributed by atoms with Crippen LogP contribution in [0.2, 0.25) is 0 Å². The van der Waals surface area contributed by atoms with Crippen LogP contribution in [-0.4, -0.2) is 29.7 Å². The van der Waals surface area contributed by atoms with E-state index in [-0.39, 0.29) is 6.04 Å². The lowest BCUT2D eigenvalue weighted by molar-refractivity contribution is -0.139. The van der Waals surface area contributed by atoms with Gasteiger partial charge in [0.15, 0.2) is 0 Å². The third-order valence-corrected chi connectivity index (χ3v) is 3.24. The number of carboxylic acid groups (broad SMARTS) is 1. The van der Waals surface area contributed by atoms with Crippen LogP contribution < -0.4 is 15.9 Å². The van der Waals surface area contributed by atoms with E-state index in [1.165, 1.54) is 10.8 Å². The number of fused-ring (bicyclic) bond motifs is 2. The van der Waals surface area contributed by atoms with Gasteiger partial charge in [-0.1, -0.05) is 18.2 Å². The summed E-state index contributed by atoms with van der Waals surface area (Å²) in [5.41, 5.74) is 1.23. The van der Waals surface area contributed by atoms with Crippen LogP contribution in [0.25, 0.3) is 5.57 Å². The number of piperidine rings is 1. The first-order valence-corrected chi connectivity index (χ1v) is 5.38. The second-order valence-electron chi connectivity index (χ2n) is 4.19. The molecule has 1 saturated heterocycles. The van der Waals surface area contributed by atoms with E-state index in [0.29, 0.717) is 13.0 Å². The number of nitrogens with zero attached hydrogens (tertiary/aromatic N) is 1. The van der Waals surface area contributed by atoms with Crippen molar-refractivity contribution in [1.82, 2.24) is 5.32 Å². The van der Waals surface area contributed by atoms with Gasteiger partial charge in [-0.3, -0.25) is 9.79 Å². The largest absolute Gasteiger partial charge is 0.480 e. The van der Waals surface area contributed by atoms with Gasteiger partial charge in [-0.2, -0.15) is 0 Å². The molecule has 4 nitrogen and oxygen atoms in total. The molecule has 16 heavy (non-hydrogen) atoms. The standard InChI is InChI=1S/C12H12N2O2/c15-12(16)11-5-10-8(6-13-11)7-3-1-2-4-9(7)14-10/h1-4,10-11,13H,5-6H2,(H,15,16). The van der Waals surface area contributed by atoms with E-state index < -0.39 is 12.0 Å². The molecule has 2 atom stereocenters. The van der Waals surface area contributed by atoms with Crippen molar-refractivity contribution in [2.45, 2.75) is 18.5 Å². The number of carboxylic acids is 1. The molecule has 0 aromatic heterocycles. The molecular formula is C12H12N2O2.